The van der Waals surface area contributed by atoms with Gasteiger partial charge < -0.3 is 5.32 Å². The van der Waals surface area contributed by atoms with Gasteiger partial charge in [-0.1, -0.05) is 23.8 Å². The number of guanidine groups is 1. The highest BCUT2D eigenvalue weighted by Gasteiger charge is 2.25. The van der Waals surface area contributed by atoms with E-state index in [0.29, 0.717) is 17.6 Å². The van der Waals surface area contributed by atoms with E-state index in [4.69, 9.17) is 0 Å². The predicted octanol–water partition coefficient (Wildman–Crippen LogP) is 2.70. The Bertz CT molecular complexity index is 1020. The summed E-state index contributed by atoms with van der Waals surface area (Å²) >= 11 is 0. The number of fused-ring (bicyclic) bond motifs is 1. The van der Waals surface area contributed by atoms with Gasteiger partial charge in [0.25, 0.3) is 5.56 Å². The lowest BCUT2D eigenvalue weighted by molar-refractivity contribution is 0.575. The first kappa shape index (κ1) is 16.0. The van der Waals surface area contributed by atoms with E-state index >= 15 is 0 Å². The molecule has 0 radical (unpaired) electrons. The second-order valence-electron chi connectivity index (χ2n) is 6.18. The maximum absolute atomic E-state index is 12.5. The van der Waals surface area contributed by atoms with Crippen LogP contribution >= 0.6 is 0 Å². The van der Waals surface area contributed by atoms with Crippen LogP contribution in [0, 0.1) is 13.8 Å². The van der Waals surface area contributed by atoms with Gasteiger partial charge in [-0.05, 0) is 32.0 Å². The van der Waals surface area contributed by atoms with Gasteiger partial charge in [-0.3, -0.25) is 19.7 Å². The third kappa shape index (κ3) is 3.06. The van der Waals surface area contributed by atoms with Crippen LogP contribution in [0.25, 0.3) is 0 Å². The van der Waals surface area contributed by atoms with Crippen molar-refractivity contribution in [1.29, 1.82) is 0 Å². The van der Waals surface area contributed by atoms with Crippen LogP contribution in [0.4, 0.5) is 11.6 Å². The van der Waals surface area contributed by atoms with E-state index in [9.17, 15) is 4.79 Å². The van der Waals surface area contributed by atoms with Crippen molar-refractivity contribution in [2.45, 2.75) is 20.0 Å². The summed E-state index contributed by atoms with van der Waals surface area (Å²) < 4.78 is 1.53. The lowest BCUT2D eigenvalue weighted by atomic mass is 10.2. The number of hydrogen-bond acceptors (Lipinski definition) is 6. The van der Waals surface area contributed by atoms with Gasteiger partial charge in [0.2, 0.25) is 11.9 Å². The molecule has 0 fully saturated rings. The summed E-state index contributed by atoms with van der Waals surface area (Å²) in [6.45, 7) is 3.83. The van der Waals surface area contributed by atoms with Crippen LogP contribution in [-0.2, 0) is 0 Å². The van der Waals surface area contributed by atoms with Crippen LogP contribution in [0.15, 0.2) is 64.6 Å². The van der Waals surface area contributed by atoms with Gasteiger partial charge in [-0.15, -0.1) is 0 Å². The summed E-state index contributed by atoms with van der Waals surface area (Å²) in [5.41, 5.74) is 3.38. The lowest BCUT2D eigenvalue weighted by Crippen LogP contribution is -2.37. The number of benzene rings is 1. The fourth-order valence-corrected chi connectivity index (χ4v) is 2.84. The van der Waals surface area contributed by atoms with Crippen LogP contribution < -0.4 is 16.2 Å². The highest BCUT2D eigenvalue weighted by Crippen LogP contribution is 2.25. The Morgan fingerprint density at radius 3 is 2.69 bits per heavy atom. The Morgan fingerprint density at radius 2 is 1.96 bits per heavy atom. The Balaban J connectivity index is 1.78. The minimum atomic E-state index is -0.534. The maximum atomic E-state index is 12.5. The first-order valence-corrected chi connectivity index (χ1v) is 8.29. The topological polar surface area (TPSA) is 84.2 Å². The molecule has 4 rings (SSSR count). The Kier molecular flexibility index (Phi) is 3.96. The number of nitrogens with zero attached hydrogens (tertiary/aromatic N) is 4. The molecule has 2 N–H and O–H groups in total. The van der Waals surface area contributed by atoms with Crippen molar-refractivity contribution in [3.05, 3.63) is 82.0 Å². The Hall–Kier alpha value is -3.48. The molecule has 130 valence electrons. The zero-order chi connectivity index (χ0) is 18.1. The van der Waals surface area contributed by atoms with Gasteiger partial charge in [0.05, 0.1) is 0 Å². The zero-order valence-corrected chi connectivity index (χ0v) is 14.5. The molecule has 1 atom stereocenters. The molecule has 1 aromatic carbocycles. The number of hydrogen-bond donors (Lipinski definition) is 2. The van der Waals surface area contributed by atoms with Gasteiger partial charge in [0.15, 0.2) is 6.17 Å². The average Bonchev–Trinajstić information content (AvgIpc) is 2.63. The van der Waals surface area contributed by atoms with E-state index in [0.717, 1.165) is 11.3 Å². The molecule has 1 aliphatic heterocycles. The van der Waals surface area contributed by atoms with Crippen LogP contribution in [0.1, 0.15) is 23.0 Å². The Morgan fingerprint density at radius 1 is 1.15 bits per heavy atom. The normalized spacial score (nSPS) is 15.6. The molecule has 7 nitrogen and oxygen atoms in total. The van der Waals surface area contributed by atoms with E-state index in [1.807, 2.05) is 43.3 Å². The molecule has 0 aliphatic carbocycles. The van der Waals surface area contributed by atoms with Crippen LogP contribution in [-0.4, -0.2) is 20.5 Å². The van der Waals surface area contributed by atoms with Crippen molar-refractivity contribution in [2.75, 3.05) is 10.6 Å². The fourth-order valence-electron chi connectivity index (χ4n) is 2.84. The van der Waals surface area contributed by atoms with Crippen LogP contribution in [0.5, 0.6) is 0 Å². The number of aromatic nitrogens is 3. The van der Waals surface area contributed by atoms with E-state index in [-0.39, 0.29) is 5.56 Å². The third-order valence-electron chi connectivity index (χ3n) is 4.10. The molecular formula is C19H18N6O. The quantitative estimate of drug-likeness (QED) is 0.745. The number of aliphatic imine (C=N–C) groups is 1. The van der Waals surface area contributed by atoms with Gasteiger partial charge in [0.1, 0.15) is 0 Å². The number of rotatable bonds is 2. The lowest BCUT2D eigenvalue weighted by Gasteiger charge is -2.26. The second kappa shape index (κ2) is 6.44. The monoisotopic (exact) mass is 346 g/mol. The minimum Gasteiger partial charge on any atom is -0.326 e. The summed E-state index contributed by atoms with van der Waals surface area (Å²) in [5, 5.41) is 6.36. The number of pyridine rings is 1. The van der Waals surface area contributed by atoms with Crippen molar-refractivity contribution in [3.63, 3.8) is 0 Å². The third-order valence-corrected chi connectivity index (χ3v) is 4.10. The first-order chi connectivity index (χ1) is 12.6. The van der Waals surface area contributed by atoms with Crippen molar-refractivity contribution < 1.29 is 0 Å². The molecule has 3 heterocycles. The summed E-state index contributed by atoms with van der Waals surface area (Å²) in [6, 6.07) is 13.2. The van der Waals surface area contributed by atoms with E-state index in [1.165, 1.54) is 16.2 Å². The minimum absolute atomic E-state index is 0.160. The number of aryl methyl sites for hydroxylation is 2. The summed E-state index contributed by atoms with van der Waals surface area (Å²) in [6.07, 6.45) is 2.86. The maximum Gasteiger partial charge on any atom is 0.257 e. The number of anilines is 2. The molecule has 26 heavy (non-hydrogen) atoms. The largest absolute Gasteiger partial charge is 0.326 e. The first-order valence-electron chi connectivity index (χ1n) is 8.29. The highest BCUT2D eigenvalue weighted by atomic mass is 16.1. The molecule has 3 aromatic rings. The van der Waals surface area contributed by atoms with Crippen molar-refractivity contribution in [1.82, 2.24) is 14.5 Å². The molecule has 1 unspecified atom stereocenters. The molecule has 0 spiro atoms. The van der Waals surface area contributed by atoms with E-state index in [2.05, 4.69) is 25.6 Å². The standard InChI is InChI=1S/C19H18N6O/c1-12-5-7-15(8-6-12)22-18-23-17(14-4-3-9-20-11-14)25-16(26)10-13(2)21-19(25)24-18/h3-11,17H,1-2H3,(H2,21,22,23,24). The number of nitrogens with one attached hydrogen (secondary N) is 2. The van der Waals surface area contributed by atoms with E-state index in [1.54, 1.807) is 19.3 Å². The van der Waals surface area contributed by atoms with Crippen LogP contribution in [0.2, 0.25) is 0 Å². The zero-order valence-electron chi connectivity index (χ0n) is 14.5. The molecule has 2 aromatic heterocycles. The van der Waals surface area contributed by atoms with Crippen molar-refractivity contribution in [2.24, 2.45) is 4.99 Å². The van der Waals surface area contributed by atoms with Gasteiger partial charge in [-0.25, -0.2) is 9.98 Å². The Labute approximate surface area is 150 Å². The van der Waals surface area contributed by atoms with Gasteiger partial charge in [-0.2, -0.15) is 0 Å². The average molecular weight is 346 g/mol. The molecule has 0 saturated carbocycles. The van der Waals surface area contributed by atoms with Gasteiger partial charge in [0, 0.05) is 35.4 Å². The SMILES string of the molecule is Cc1ccc(NC2=NC(c3cccnc3)n3c(nc(C)cc3=O)N2)cc1. The molecular weight excluding hydrogens is 328 g/mol. The second-order valence-corrected chi connectivity index (χ2v) is 6.18. The summed E-state index contributed by atoms with van der Waals surface area (Å²) in [5.74, 6) is 0.980. The molecule has 0 saturated heterocycles. The smallest absolute Gasteiger partial charge is 0.257 e. The van der Waals surface area contributed by atoms with Gasteiger partial charge >= 0.3 is 0 Å². The molecule has 7 heteroatoms. The van der Waals surface area contributed by atoms with Crippen molar-refractivity contribution in [3.8, 4) is 0 Å². The fraction of sp³-hybridized carbons (Fsp3) is 0.158. The predicted molar refractivity (Wildman–Crippen MR) is 101 cm³/mol. The highest BCUT2D eigenvalue weighted by molar-refractivity contribution is 6.03. The van der Waals surface area contributed by atoms with E-state index < -0.39 is 6.17 Å². The molecule has 0 amide bonds. The summed E-state index contributed by atoms with van der Waals surface area (Å²) in [4.78, 5) is 25.8. The summed E-state index contributed by atoms with van der Waals surface area (Å²) in [7, 11) is 0. The molecule has 1 aliphatic rings. The van der Waals surface area contributed by atoms with Crippen molar-refractivity contribution >= 4 is 17.6 Å². The van der Waals surface area contributed by atoms with Crippen LogP contribution in [0.3, 0.4) is 0 Å². The molecule has 0 bridgehead atoms.